The molecule has 2 aromatic carbocycles. The number of hydrogen-bond donors (Lipinski definition) is 3. The molecule has 0 aliphatic heterocycles. The molecule has 3 N–H and O–H groups in total. The Morgan fingerprint density at radius 1 is 0.933 bits per heavy atom. The van der Waals surface area contributed by atoms with Gasteiger partial charge in [0.05, 0.1) is 13.1 Å². The first-order valence-electron chi connectivity index (χ1n) is 10.6. The predicted molar refractivity (Wildman–Crippen MR) is 137 cm³/mol. The molecule has 1 unspecified atom stereocenters. The Kier molecular flexibility index (Phi) is 12.0. The van der Waals surface area contributed by atoms with E-state index in [1.165, 1.54) is 11.1 Å². The van der Waals surface area contributed by atoms with Crippen LogP contribution < -0.4 is 10.6 Å². The molecule has 0 aliphatic rings. The first-order valence-corrected chi connectivity index (χ1v) is 10.6. The first-order chi connectivity index (χ1) is 14.0. The van der Waals surface area contributed by atoms with Gasteiger partial charge in [-0.1, -0.05) is 68.4 Å². The van der Waals surface area contributed by atoms with E-state index in [1.807, 2.05) is 44.2 Å². The van der Waals surface area contributed by atoms with Gasteiger partial charge in [0.2, 0.25) is 0 Å². The molecular weight excluding hydrogens is 487 g/mol. The first kappa shape index (κ1) is 26.4. The third kappa shape index (κ3) is 8.24. The summed E-state index contributed by atoms with van der Waals surface area (Å²) in [4.78, 5) is 7.17. The summed E-state index contributed by atoms with van der Waals surface area (Å²) in [5, 5.41) is 17.4. The molecule has 0 radical (unpaired) electrons. The summed E-state index contributed by atoms with van der Waals surface area (Å²) in [6, 6.07) is 18.2. The third-order valence-electron chi connectivity index (χ3n) is 5.15. The van der Waals surface area contributed by atoms with Crippen LogP contribution in [-0.2, 0) is 18.7 Å². The average molecular weight is 524 g/mol. The van der Waals surface area contributed by atoms with Crippen molar-refractivity contribution in [3.63, 3.8) is 0 Å². The van der Waals surface area contributed by atoms with Crippen LogP contribution in [0.2, 0.25) is 0 Å². The zero-order valence-electron chi connectivity index (χ0n) is 18.7. The highest BCUT2D eigenvalue weighted by molar-refractivity contribution is 14.0. The largest absolute Gasteiger partial charge is 0.384 e. The second-order valence-electron chi connectivity index (χ2n) is 7.42. The van der Waals surface area contributed by atoms with Gasteiger partial charge in [-0.3, -0.25) is 4.90 Å². The zero-order chi connectivity index (χ0) is 21.1. The van der Waals surface area contributed by atoms with Crippen LogP contribution in [0.15, 0.2) is 59.6 Å². The molecule has 5 nitrogen and oxygen atoms in total. The number of aliphatic imine (C=N–C) groups is 1. The molecule has 0 aromatic heterocycles. The van der Waals surface area contributed by atoms with Gasteiger partial charge in [0.1, 0.15) is 5.60 Å². The summed E-state index contributed by atoms with van der Waals surface area (Å²) < 4.78 is 0. The number of nitrogens with zero attached hydrogens (tertiary/aromatic N) is 2. The van der Waals surface area contributed by atoms with Crippen molar-refractivity contribution in [3.8, 4) is 0 Å². The van der Waals surface area contributed by atoms with Crippen LogP contribution in [0.1, 0.15) is 44.4 Å². The lowest BCUT2D eigenvalue weighted by molar-refractivity contribution is 0.0617. The van der Waals surface area contributed by atoms with E-state index in [2.05, 4.69) is 53.6 Å². The summed E-state index contributed by atoms with van der Waals surface area (Å²) >= 11 is 0. The summed E-state index contributed by atoms with van der Waals surface area (Å²) in [7, 11) is 0. The predicted octanol–water partition coefficient (Wildman–Crippen LogP) is 4.11. The van der Waals surface area contributed by atoms with E-state index >= 15 is 0 Å². The highest BCUT2D eigenvalue weighted by atomic mass is 127. The van der Waals surface area contributed by atoms with Crippen molar-refractivity contribution in [1.82, 2.24) is 15.5 Å². The second-order valence-corrected chi connectivity index (χ2v) is 7.42. The molecule has 0 fully saturated rings. The number of benzene rings is 2. The van der Waals surface area contributed by atoms with Crippen molar-refractivity contribution in [2.75, 3.05) is 26.2 Å². The van der Waals surface area contributed by atoms with E-state index in [1.54, 1.807) is 0 Å². The minimum Gasteiger partial charge on any atom is -0.384 e. The van der Waals surface area contributed by atoms with Gasteiger partial charge < -0.3 is 15.7 Å². The molecule has 0 bridgehead atoms. The maximum atomic E-state index is 10.8. The molecule has 0 aliphatic carbocycles. The van der Waals surface area contributed by atoms with E-state index < -0.39 is 5.60 Å². The van der Waals surface area contributed by atoms with E-state index in [0.717, 1.165) is 31.7 Å². The van der Waals surface area contributed by atoms with Crippen LogP contribution in [0, 0.1) is 0 Å². The highest BCUT2D eigenvalue weighted by Gasteiger charge is 2.23. The van der Waals surface area contributed by atoms with Crippen molar-refractivity contribution in [3.05, 3.63) is 71.3 Å². The minimum absolute atomic E-state index is 0. The fourth-order valence-corrected chi connectivity index (χ4v) is 3.22. The molecule has 2 rings (SSSR count). The Morgan fingerprint density at radius 2 is 1.53 bits per heavy atom. The summed E-state index contributed by atoms with van der Waals surface area (Å²) in [5.41, 5.74) is 2.45. The molecule has 0 saturated heterocycles. The lowest BCUT2D eigenvalue weighted by atomic mass is 9.96. The van der Waals surface area contributed by atoms with Crippen molar-refractivity contribution in [1.29, 1.82) is 0 Å². The number of halogens is 1. The average Bonchev–Trinajstić information content (AvgIpc) is 2.75. The standard InChI is InChI=1S/C24H36N4O.HI/c1-5-25-23(27-19-24(4,29)22-15-9-8-10-16-22)26-17-20-13-11-12-14-21(20)18-28(6-2)7-3;/h8-16,29H,5-7,17-19H2,1-4H3,(H2,25,26,27);1H. The Morgan fingerprint density at radius 3 is 2.13 bits per heavy atom. The minimum atomic E-state index is -0.974. The van der Waals surface area contributed by atoms with Gasteiger partial charge in [-0.25, -0.2) is 4.99 Å². The van der Waals surface area contributed by atoms with Gasteiger partial charge >= 0.3 is 0 Å². The molecule has 1 atom stereocenters. The van der Waals surface area contributed by atoms with Gasteiger partial charge in [-0.05, 0) is 43.6 Å². The van der Waals surface area contributed by atoms with Gasteiger partial charge in [-0.15, -0.1) is 24.0 Å². The van der Waals surface area contributed by atoms with E-state index in [4.69, 9.17) is 4.99 Å². The van der Waals surface area contributed by atoms with Gasteiger partial charge in [0.15, 0.2) is 5.96 Å². The van der Waals surface area contributed by atoms with Crippen molar-refractivity contribution in [2.45, 2.75) is 46.4 Å². The molecule has 0 spiro atoms. The fraction of sp³-hybridized carbons (Fsp3) is 0.458. The fourth-order valence-electron chi connectivity index (χ4n) is 3.22. The van der Waals surface area contributed by atoms with E-state index in [9.17, 15) is 5.11 Å². The Bertz CT molecular complexity index is 761. The van der Waals surface area contributed by atoms with Gasteiger partial charge in [0, 0.05) is 13.1 Å². The second kappa shape index (κ2) is 13.6. The normalized spacial score (nSPS) is 13.5. The monoisotopic (exact) mass is 524 g/mol. The van der Waals surface area contributed by atoms with Crippen molar-refractivity contribution < 1.29 is 5.11 Å². The number of hydrogen-bond acceptors (Lipinski definition) is 3. The van der Waals surface area contributed by atoms with E-state index in [-0.39, 0.29) is 24.0 Å². The van der Waals surface area contributed by atoms with Crippen molar-refractivity contribution >= 4 is 29.9 Å². The van der Waals surface area contributed by atoms with Crippen LogP contribution in [0.5, 0.6) is 0 Å². The number of rotatable bonds is 10. The van der Waals surface area contributed by atoms with Gasteiger partial charge in [-0.2, -0.15) is 0 Å². The van der Waals surface area contributed by atoms with E-state index in [0.29, 0.717) is 19.0 Å². The third-order valence-corrected chi connectivity index (χ3v) is 5.15. The van der Waals surface area contributed by atoms with Crippen LogP contribution in [0.3, 0.4) is 0 Å². The lowest BCUT2D eigenvalue weighted by Gasteiger charge is -2.25. The molecular formula is C24H37IN4O. The summed E-state index contributed by atoms with van der Waals surface area (Å²) in [6.07, 6.45) is 0. The smallest absolute Gasteiger partial charge is 0.191 e. The lowest BCUT2D eigenvalue weighted by Crippen LogP contribution is -2.44. The zero-order valence-corrected chi connectivity index (χ0v) is 21.0. The van der Waals surface area contributed by atoms with Crippen LogP contribution in [0.25, 0.3) is 0 Å². The number of aliphatic hydroxyl groups is 1. The highest BCUT2D eigenvalue weighted by Crippen LogP contribution is 2.19. The number of guanidine groups is 1. The summed E-state index contributed by atoms with van der Waals surface area (Å²) in [5.74, 6) is 0.710. The Labute approximate surface area is 199 Å². The Hall–Kier alpha value is -1.64. The molecule has 30 heavy (non-hydrogen) atoms. The van der Waals surface area contributed by atoms with Crippen LogP contribution in [-0.4, -0.2) is 42.1 Å². The maximum Gasteiger partial charge on any atom is 0.191 e. The van der Waals surface area contributed by atoms with Crippen LogP contribution >= 0.6 is 24.0 Å². The molecule has 0 heterocycles. The van der Waals surface area contributed by atoms with Crippen LogP contribution in [0.4, 0.5) is 0 Å². The molecule has 6 heteroatoms. The molecule has 166 valence electrons. The SMILES string of the molecule is CCNC(=NCc1ccccc1CN(CC)CC)NCC(C)(O)c1ccccc1.I. The van der Waals surface area contributed by atoms with Gasteiger partial charge in [0.25, 0.3) is 0 Å². The molecule has 2 aromatic rings. The maximum absolute atomic E-state index is 10.8. The topological polar surface area (TPSA) is 59.9 Å². The quantitative estimate of drug-likeness (QED) is 0.249. The number of nitrogens with one attached hydrogen (secondary N) is 2. The molecule has 0 saturated carbocycles. The summed E-state index contributed by atoms with van der Waals surface area (Å²) in [6.45, 7) is 13.0. The molecule has 0 amide bonds. The Balaban J connectivity index is 0.00000450. The van der Waals surface area contributed by atoms with Crippen molar-refractivity contribution in [2.24, 2.45) is 4.99 Å².